The Balaban J connectivity index is 1.45. The Morgan fingerprint density at radius 1 is 0.645 bits per heavy atom. The van der Waals surface area contributed by atoms with Crippen molar-refractivity contribution in [2.45, 2.75) is 103 Å². The second-order valence-electron chi connectivity index (χ2n) is 9.22. The first-order chi connectivity index (χ1) is 15.1. The highest BCUT2D eigenvalue weighted by atomic mass is 79.9. The van der Waals surface area contributed by atoms with Crippen molar-refractivity contribution >= 4 is 53.7 Å². The van der Waals surface area contributed by atoms with Gasteiger partial charge in [-0.3, -0.25) is 0 Å². The van der Waals surface area contributed by atoms with Gasteiger partial charge in [-0.1, -0.05) is 116 Å². The molecule has 0 spiro atoms. The van der Waals surface area contributed by atoms with Crippen LogP contribution >= 0.6 is 31.9 Å². The molecule has 0 bridgehead atoms. The molecule has 1 nitrogen and oxygen atoms in total. The molecule has 1 aromatic heterocycles. The van der Waals surface area contributed by atoms with Gasteiger partial charge in [-0.05, 0) is 49.7 Å². The van der Waals surface area contributed by atoms with E-state index in [0.717, 1.165) is 8.95 Å². The van der Waals surface area contributed by atoms with E-state index >= 15 is 0 Å². The van der Waals surface area contributed by atoms with Crippen molar-refractivity contribution in [3.05, 3.63) is 45.3 Å². The summed E-state index contributed by atoms with van der Waals surface area (Å²) in [5.41, 5.74) is 2.70. The molecule has 0 N–H and O–H groups in total. The van der Waals surface area contributed by atoms with Crippen molar-refractivity contribution in [1.29, 1.82) is 0 Å². The van der Waals surface area contributed by atoms with Crippen LogP contribution in [0.4, 0.5) is 0 Å². The molecule has 2 aromatic carbocycles. The van der Waals surface area contributed by atoms with E-state index in [-0.39, 0.29) is 0 Å². The normalized spacial score (nSPS) is 12.8. The molecule has 1 atom stereocenters. The highest BCUT2D eigenvalue weighted by Crippen LogP contribution is 2.36. The fourth-order valence-electron chi connectivity index (χ4n) is 4.88. The Hall–Kier alpha value is -0.800. The highest BCUT2D eigenvalue weighted by molar-refractivity contribution is 9.10. The fraction of sp³-hybridized carbons (Fsp3) is 0.571. The molecule has 1 unspecified atom stereocenters. The third kappa shape index (κ3) is 7.09. The smallest absolute Gasteiger partial charge is 0.0494 e. The van der Waals surface area contributed by atoms with Crippen LogP contribution in [0.15, 0.2) is 45.3 Å². The maximum Gasteiger partial charge on any atom is 0.0494 e. The second kappa shape index (κ2) is 13.0. The van der Waals surface area contributed by atoms with Crippen LogP contribution in [0, 0.1) is 0 Å². The van der Waals surface area contributed by atoms with E-state index in [1.807, 2.05) is 0 Å². The van der Waals surface area contributed by atoms with Gasteiger partial charge in [-0.15, -0.1) is 0 Å². The SMILES string of the molecule is CCCCCCCCCCCCCCC(C)n1c2ccc(Br)cc2c2cc(Br)ccc21. The molecule has 0 amide bonds. The van der Waals surface area contributed by atoms with E-state index in [2.05, 4.69) is 86.7 Å². The van der Waals surface area contributed by atoms with E-state index in [4.69, 9.17) is 0 Å². The average Bonchev–Trinajstić information content (AvgIpc) is 3.07. The van der Waals surface area contributed by atoms with E-state index in [9.17, 15) is 0 Å². The minimum Gasteiger partial charge on any atom is -0.338 e. The van der Waals surface area contributed by atoms with Crippen molar-refractivity contribution in [3.63, 3.8) is 0 Å². The van der Waals surface area contributed by atoms with Crippen LogP contribution < -0.4 is 0 Å². The molecule has 0 aliphatic heterocycles. The molecule has 3 aromatic rings. The molecular weight excluding hydrogens is 510 g/mol. The lowest BCUT2D eigenvalue weighted by molar-refractivity contribution is 0.482. The summed E-state index contributed by atoms with van der Waals surface area (Å²) in [5, 5.41) is 2.68. The predicted molar refractivity (Wildman–Crippen MR) is 145 cm³/mol. The quantitative estimate of drug-likeness (QED) is 0.176. The summed E-state index contributed by atoms with van der Waals surface area (Å²) in [6.07, 6.45) is 18.2. The number of nitrogens with zero attached hydrogens (tertiary/aromatic N) is 1. The number of aromatic nitrogens is 1. The van der Waals surface area contributed by atoms with Gasteiger partial charge in [-0.2, -0.15) is 0 Å². The summed E-state index contributed by atoms with van der Waals surface area (Å²) in [6.45, 7) is 4.68. The number of benzene rings is 2. The van der Waals surface area contributed by atoms with Gasteiger partial charge in [0, 0.05) is 36.8 Å². The van der Waals surface area contributed by atoms with E-state index < -0.39 is 0 Å². The molecule has 0 aliphatic rings. The van der Waals surface area contributed by atoms with Crippen LogP contribution in [0.2, 0.25) is 0 Å². The molecule has 0 fully saturated rings. The summed E-state index contributed by atoms with van der Waals surface area (Å²) in [5.74, 6) is 0. The van der Waals surface area contributed by atoms with Gasteiger partial charge < -0.3 is 4.57 Å². The summed E-state index contributed by atoms with van der Waals surface area (Å²) in [4.78, 5) is 0. The second-order valence-corrected chi connectivity index (χ2v) is 11.1. The van der Waals surface area contributed by atoms with Crippen LogP contribution in [0.3, 0.4) is 0 Å². The molecule has 0 saturated carbocycles. The Morgan fingerprint density at radius 3 is 1.52 bits per heavy atom. The number of unbranched alkanes of at least 4 members (excludes halogenated alkanes) is 11. The van der Waals surface area contributed by atoms with Gasteiger partial charge >= 0.3 is 0 Å². The topological polar surface area (TPSA) is 4.93 Å². The van der Waals surface area contributed by atoms with Gasteiger partial charge in [-0.25, -0.2) is 0 Å². The third-order valence-corrected chi connectivity index (χ3v) is 7.63. The standard InChI is InChI=1S/C28H39Br2N/c1-3-4-5-6-7-8-9-10-11-12-13-14-15-22(2)31-27-18-16-23(29)20-25(27)26-21-24(30)17-19-28(26)31/h16-22H,3-15H2,1-2H3. The zero-order chi connectivity index (χ0) is 22.1. The maximum atomic E-state index is 3.66. The van der Waals surface area contributed by atoms with Gasteiger partial charge in [0.25, 0.3) is 0 Å². The first-order valence-corrected chi connectivity index (χ1v) is 14.1. The minimum absolute atomic E-state index is 0.519. The Kier molecular flexibility index (Phi) is 10.4. The summed E-state index contributed by atoms with van der Waals surface area (Å²) in [6, 6.07) is 13.9. The minimum atomic E-state index is 0.519. The van der Waals surface area contributed by atoms with E-state index in [0.29, 0.717) is 6.04 Å². The predicted octanol–water partition coefficient (Wildman–Crippen LogP) is 11.0. The van der Waals surface area contributed by atoms with Crippen molar-refractivity contribution in [3.8, 4) is 0 Å². The summed E-state index contributed by atoms with van der Waals surface area (Å²) in [7, 11) is 0. The van der Waals surface area contributed by atoms with Crippen molar-refractivity contribution < 1.29 is 0 Å². The number of halogens is 2. The lowest BCUT2D eigenvalue weighted by Gasteiger charge is -2.17. The van der Waals surface area contributed by atoms with Crippen molar-refractivity contribution in [2.24, 2.45) is 0 Å². The summed E-state index contributed by atoms with van der Waals surface area (Å²) >= 11 is 7.31. The molecule has 3 heteroatoms. The van der Waals surface area contributed by atoms with Crippen molar-refractivity contribution in [1.82, 2.24) is 4.57 Å². The average molecular weight is 549 g/mol. The Labute approximate surface area is 206 Å². The summed E-state index contributed by atoms with van der Waals surface area (Å²) < 4.78 is 4.85. The van der Waals surface area contributed by atoms with Crippen molar-refractivity contribution in [2.75, 3.05) is 0 Å². The maximum absolute atomic E-state index is 3.66. The first-order valence-electron chi connectivity index (χ1n) is 12.5. The molecule has 31 heavy (non-hydrogen) atoms. The van der Waals surface area contributed by atoms with Crippen LogP contribution in [0.1, 0.15) is 103 Å². The zero-order valence-electron chi connectivity index (χ0n) is 19.4. The fourth-order valence-corrected chi connectivity index (χ4v) is 5.60. The number of hydrogen-bond donors (Lipinski definition) is 0. The zero-order valence-corrected chi connectivity index (χ0v) is 22.6. The number of rotatable bonds is 14. The first kappa shape index (κ1) is 24.8. The third-order valence-electron chi connectivity index (χ3n) is 6.64. The van der Waals surface area contributed by atoms with Gasteiger partial charge in [0.2, 0.25) is 0 Å². The largest absolute Gasteiger partial charge is 0.338 e. The lowest BCUT2D eigenvalue weighted by atomic mass is 10.0. The molecular formula is C28H39Br2N. The monoisotopic (exact) mass is 547 g/mol. The molecule has 1 heterocycles. The van der Waals surface area contributed by atoms with Gasteiger partial charge in [0.15, 0.2) is 0 Å². The van der Waals surface area contributed by atoms with E-state index in [1.165, 1.54) is 105 Å². The van der Waals surface area contributed by atoms with Gasteiger partial charge in [0.05, 0.1) is 0 Å². The van der Waals surface area contributed by atoms with Gasteiger partial charge in [0.1, 0.15) is 0 Å². The highest BCUT2D eigenvalue weighted by Gasteiger charge is 2.15. The number of fused-ring (bicyclic) bond motifs is 3. The van der Waals surface area contributed by atoms with Crippen LogP contribution in [-0.2, 0) is 0 Å². The molecule has 0 radical (unpaired) electrons. The Bertz CT molecular complexity index is 884. The molecule has 0 saturated heterocycles. The lowest BCUT2D eigenvalue weighted by Crippen LogP contribution is -2.04. The molecule has 170 valence electrons. The Morgan fingerprint density at radius 2 is 1.06 bits per heavy atom. The van der Waals surface area contributed by atoms with Crippen LogP contribution in [-0.4, -0.2) is 4.57 Å². The van der Waals surface area contributed by atoms with Crippen LogP contribution in [0.25, 0.3) is 21.8 Å². The van der Waals surface area contributed by atoms with E-state index in [1.54, 1.807) is 0 Å². The van der Waals surface area contributed by atoms with Crippen LogP contribution in [0.5, 0.6) is 0 Å². The number of hydrogen-bond acceptors (Lipinski definition) is 0. The molecule has 0 aliphatic carbocycles. The molecule has 3 rings (SSSR count).